The number of thiazole rings is 1. The van der Waals surface area contributed by atoms with Crippen LogP contribution in [0, 0.1) is 12.5 Å². The molecule has 0 aliphatic carbocycles. The molecule has 1 fully saturated rings. The molecule has 7 nitrogen and oxygen atoms in total. The molecule has 1 saturated heterocycles. The first-order chi connectivity index (χ1) is 13.6. The third-order valence-corrected chi connectivity index (χ3v) is 5.39. The lowest BCUT2D eigenvalue weighted by Gasteiger charge is -2.26. The Morgan fingerprint density at radius 2 is 2.25 bits per heavy atom. The highest BCUT2D eigenvalue weighted by molar-refractivity contribution is 7.17. The van der Waals surface area contributed by atoms with E-state index in [1.165, 1.54) is 11.3 Å². The maximum Gasteiger partial charge on any atom is 0.267 e. The third-order valence-electron chi connectivity index (χ3n) is 4.34. The Bertz CT molecular complexity index is 950. The summed E-state index contributed by atoms with van der Waals surface area (Å²) in [5, 5.41) is 7.05. The summed E-state index contributed by atoms with van der Waals surface area (Å²) in [6.07, 6.45) is 10.1. The Kier molecular flexibility index (Phi) is 6.42. The topological polar surface area (TPSA) is 95.6 Å². The van der Waals surface area contributed by atoms with Gasteiger partial charge < -0.3 is 21.3 Å². The van der Waals surface area contributed by atoms with Crippen molar-refractivity contribution in [3.8, 4) is 12.5 Å². The lowest BCUT2D eigenvalue weighted by molar-refractivity contribution is 0.103. The fraction of sp³-hybridized carbons (Fsp3) is 0.250. The van der Waals surface area contributed by atoms with Gasteiger partial charge in [0.05, 0.1) is 17.6 Å². The smallest absolute Gasteiger partial charge is 0.267 e. The van der Waals surface area contributed by atoms with Gasteiger partial charge in [-0.25, -0.2) is 9.98 Å². The number of amides is 1. The number of aromatic nitrogens is 1. The monoisotopic (exact) mass is 394 g/mol. The van der Waals surface area contributed by atoms with Crippen molar-refractivity contribution in [3.63, 3.8) is 0 Å². The number of carbonyl (C=O) groups is 1. The second kappa shape index (κ2) is 9.17. The first-order valence-corrected chi connectivity index (χ1v) is 9.68. The number of hydrogen-bond donors (Lipinski definition) is 3. The van der Waals surface area contributed by atoms with Gasteiger partial charge in [-0.2, -0.15) is 0 Å². The number of aliphatic imine (C=N–C) groups is 1. The van der Waals surface area contributed by atoms with Crippen LogP contribution in [0.15, 0.2) is 35.5 Å². The van der Waals surface area contributed by atoms with E-state index >= 15 is 0 Å². The summed E-state index contributed by atoms with van der Waals surface area (Å²) in [6.45, 7) is 5.55. The number of terminal acetylenes is 1. The molecule has 28 heavy (non-hydrogen) atoms. The molecule has 1 aliphatic heterocycles. The molecule has 144 valence electrons. The molecule has 2 heterocycles. The van der Waals surface area contributed by atoms with Gasteiger partial charge in [0.15, 0.2) is 5.13 Å². The molecule has 1 aromatic heterocycles. The molecule has 0 atom stereocenters. The summed E-state index contributed by atoms with van der Waals surface area (Å²) in [4.78, 5) is 23.5. The van der Waals surface area contributed by atoms with Crippen molar-refractivity contribution in [2.45, 2.75) is 6.92 Å². The van der Waals surface area contributed by atoms with Crippen molar-refractivity contribution in [3.05, 3.63) is 40.9 Å². The summed E-state index contributed by atoms with van der Waals surface area (Å²) in [6, 6.07) is 7.68. The highest BCUT2D eigenvalue weighted by atomic mass is 32.1. The Morgan fingerprint density at radius 1 is 1.46 bits per heavy atom. The average molecular weight is 395 g/mol. The first-order valence-electron chi connectivity index (χ1n) is 8.87. The zero-order chi connectivity index (χ0) is 19.9. The van der Waals surface area contributed by atoms with E-state index in [2.05, 4.69) is 31.6 Å². The number of anilines is 3. The van der Waals surface area contributed by atoms with Crippen LogP contribution in [0.2, 0.25) is 0 Å². The number of nitrogens with zero attached hydrogens (tertiary/aromatic N) is 3. The largest absolute Gasteiger partial charge is 0.397 e. The van der Waals surface area contributed by atoms with Crippen molar-refractivity contribution < 1.29 is 4.79 Å². The van der Waals surface area contributed by atoms with Crippen molar-refractivity contribution in [1.82, 2.24) is 10.3 Å². The van der Waals surface area contributed by atoms with Crippen LogP contribution in [-0.2, 0) is 0 Å². The van der Waals surface area contributed by atoms with Gasteiger partial charge in [-0.05, 0) is 36.3 Å². The summed E-state index contributed by atoms with van der Waals surface area (Å²) < 4.78 is 0. The predicted octanol–water partition coefficient (Wildman–Crippen LogP) is 2.45. The third kappa shape index (κ3) is 4.76. The molecule has 0 spiro atoms. The minimum Gasteiger partial charge on any atom is -0.397 e. The van der Waals surface area contributed by atoms with E-state index in [1.54, 1.807) is 24.6 Å². The number of allylic oxidation sites excluding steroid dienone is 2. The molecule has 8 heteroatoms. The molecule has 0 bridgehead atoms. The highest BCUT2D eigenvalue weighted by Gasteiger charge is 2.17. The maximum atomic E-state index is 12.7. The minimum absolute atomic E-state index is 0.224. The number of hydrogen-bond acceptors (Lipinski definition) is 7. The molecule has 3 rings (SSSR count). The van der Waals surface area contributed by atoms with E-state index in [1.807, 2.05) is 19.1 Å². The molecule has 2 aromatic rings. The van der Waals surface area contributed by atoms with Crippen LogP contribution in [0.5, 0.6) is 0 Å². The van der Waals surface area contributed by atoms with E-state index < -0.39 is 0 Å². The standard InChI is InChI=1S/C20H22N6OS/c1-3-22-7-6-14(2)15-4-5-16(21)17(12-15)25-19(27)18-13-24-20(28-18)26-10-8-23-9-11-26/h1,4-7,12-13,23H,8-11,21H2,2H3,(H,25,27)/b14-6+,22-7-. The predicted molar refractivity (Wildman–Crippen MR) is 117 cm³/mol. The van der Waals surface area contributed by atoms with Gasteiger partial charge in [0.2, 0.25) is 0 Å². The van der Waals surface area contributed by atoms with E-state index in [0.29, 0.717) is 16.3 Å². The van der Waals surface area contributed by atoms with Gasteiger partial charge in [-0.15, -0.1) is 0 Å². The van der Waals surface area contributed by atoms with Crippen LogP contribution in [0.25, 0.3) is 5.57 Å². The van der Waals surface area contributed by atoms with Gasteiger partial charge in [0.25, 0.3) is 5.91 Å². The van der Waals surface area contributed by atoms with Gasteiger partial charge in [0, 0.05) is 38.4 Å². The average Bonchev–Trinajstić information content (AvgIpc) is 3.21. The summed E-state index contributed by atoms with van der Waals surface area (Å²) in [5.41, 5.74) is 8.96. The number of rotatable bonds is 5. The summed E-state index contributed by atoms with van der Waals surface area (Å²) in [5.74, 6) is -0.224. The zero-order valence-corrected chi connectivity index (χ0v) is 16.4. The fourth-order valence-corrected chi connectivity index (χ4v) is 3.62. The number of nitrogens with one attached hydrogen (secondary N) is 2. The van der Waals surface area contributed by atoms with Crippen molar-refractivity contribution in [2.75, 3.05) is 42.1 Å². The molecule has 0 unspecified atom stereocenters. The summed E-state index contributed by atoms with van der Waals surface area (Å²) in [7, 11) is 0. The van der Waals surface area contributed by atoms with E-state index in [0.717, 1.165) is 42.4 Å². The fourth-order valence-electron chi connectivity index (χ4n) is 2.75. The van der Waals surface area contributed by atoms with Crippen LogP contribution < -0.4 is 21.3 Å². The minimum atomic E-state index is -0.224. The number of carbonyl (C=O) groups excluding carboxylic acids is 1. The van der Waals surface area contributed by atoms with Crippen LogP contribution in [0.4, 0.5) is 16.5 Å². The van der Waals surface area contributed by atoms with Crippen LogP contribution in [-0.4, -0.2) is 43.3 Å². The highest BCUT2D eigenvalue weighted by Crippen LogP contribution is 2.27. The molecule has 1 aromatic carbocycles. The molecular weight excluding hydrogens is 372 g/mol. The first kappa shape index (κ1) is 19.6. The van der Waals surface area contributed by atoms with E-state index in [4.69, 9.17) is 12.2 Å². The quantitative estimate of drug-likeness (QED) is 0.411. The zero-order valence-electron chi connectivity index (χ0n) is 15.6. The molecule has 1 amide bonds. The van der Waals surface area contributed by atoms with Gasteiger partial charge in [-0.1, -0.05) is 23.8 Å². The molecule has 1 aliphatic rings. The van der Waals surface area contributed by atoms with Crippen molar-refractivity contribution in [2.24, 2.45) is 4.99 Å². The Labute approximate surface area is 168 Å². The maximum absolute atomic E-state index is 12.7. The molecule has 0 radical (unpaired) electrons. The van der Waals surface area contributed by atoms with Crippen LogP contribution >= 0.6 is 11.3 Å². The number of benzene rings is 1. The second-order valence-electron chi connectivity index (χ2n) is 6.26. The molecule has 4 N–H and O–H groups in total. The van der Waals surface area contributed by atoms with E-state index in [-0.39, 0.29) is 5.91 Å². The Morgan fingerprint density at radius 3 is 3.00 bits per heavy atom. The van der Waals surface area contributed by atoms with Crippen molar-refractivity contribution in [1.29, 1.82) is 0 Å². The Balaban J connectivity index is 1.74. The molecule has 0 saturated carbocycles. The Hall–Kier alpha value is -3.15. The van der Waals surface area contributed by atoms with Gasteiger partial charge in [0.1, 0.15) is 4.88 Å². The van der Waals surface area contributed by atoms with Crippen LogP contribution in [0.3, 0.4) is 0 Å². The van der Waals surface area contributed by atoms with Crippen LogP contribution in [0.1, 0.15) is 22.2 Å². The lowest BCUT2D eigenvalue weighted by Crippen LogP contribution is -2.43. The lowest BCUT2D eigenvalue weighted by atomic mass is 10.1. The van der Waals surface area contributed by atoms with Gasteiger partial charge >= 0.3 is 0 Å². The summed E-state index contributed by atoms with van der Waals surface area (Å²) >= 11 is 1.38. The number of piperazine rings is 1. The molecular formula is C20H22N6OS. The van der Waals surface area contributed by atoms with Crippen molar-refractivity contribution >= 4 is 45.5 Å². The normalized spacial score (nSPS) is 14.9. The SMILES string of the molecule is C#C/N=C\C=C(/C)c1ccc(N)c(NC(=O)c2cnc(N3CCNCC3)s2)c1. The second-order valence-corrected chi connectivity index (χ2v) is 7.27. The van der Waals surface area contributed by atoms with Gasteiger partial charge in [-0.3, -0.25) is 4.79 Å². The number of nitrogens with two attached hydrogens (primary N) is 1. The van der Waals surface area contributed by atoms with E-state index in [9.17, 15) is 4.79 Å². The number of nitrogen functional groups attached to an aromatic ring is 1.